The molecule has 0 saturated heterocycles. The first-order valence-electron chi connectivity index (χ1n) is 11.0. The summed E-state index contributed by atoms with van der Waals surface area (Å²) in [5.74, 6) is 0.262. The van der Waals surface area contributed by atoms with Gasteiger partial charge in [-0.2, -0.15) is 0 Å². The Bertz CT molecular complexity index is 1310. The Hall–Kier alpha value is -2.49. The summed E-state index contributed by atoms with van der Waals surface area (Å²) in [4.78, 5) is 21.8. The van der Waals surface area contributed by atoms with E-state index in [0.717, 1.165) is 0 Å². The minimum absolute atomic E-state index is 0.0113. The van der Waals surface area contributed by atoms with Crippen LogP contribution in [0.5, 0.6) is 5.75 Å². The molecule has 1 aromatic heterocycles. The molecule has 2 aromatic rings. The molecule has 0 fully saturated rings. The number of carbonyl (C=O) groups excluding carboxylic acids is 1. The molecule has 3 N–H and O–H groups in total. The van der Waals surface area contributed by atoms with Gasteiger partial charge in [0.2, 0.25) is 0 Å². The second-order valence-electron chi connectivity index (χ2n) is 9.60. The smallest absolute Gasteiger partial charge is 0.185 e. The van der Waals surface area contributed by atoms with Gasteiger partial charge in [0.25, 0.3) is 0 Å². The number of sulfone groups is 1. The number of fused-ring (bicyclic) bond motifs is 3. The van der Waals surface area contributed by atoms with Crippen molar-refractivity contribution in [2.45, 2.75) is 68.8 Å². The lowest BCUT2D eigenvalue weighted by Gasteiger charge is -2.43. The molecule has 0 spiro atoms. The van der Waals surface area contributed by atoms with E-state index in [0.29, 0.717) is 27.5 Å². The van der Waals surface area contributed by atoms with Gasteiger partial charge in [0.15, 0.2) is 15.6 Å². The van der Waals surface area contributed by atoms with Crippen molar-refractivity contribution in [2.75, 3.05) is 0 Å². The molecule has 4 rings (SSSR count). The number of aromatic nitrogens is 1. The average Bonchev–Trinajstić information content (AvgIpc) is 2.87. The largest absolute Gasteiger partial charge is 0.490 e. The van der Waals surface area contributed by atoms with E-state index in [2.05, 4.69) is 4.98 Å². The van der Waals surface area contributed by atoms with Crippen LogP contribution >= 0.6 is 11.6 Å². The van der Waals surface area contributed by atoms with E-state index in [1.54, 1.807) is 39.0 Å². The quantitative estimate of drug-likeness (QED) is 0.610. The van der Waals surface area contributed by atoms with E-state index < -0.39 is 25.4 Å². The van der Waals surface area contributed by atoms with Crippen LogP contribution in [0.1, 0.15) is 61.3 Å². The molecular weight excluding hydrogens is 478 g/mol. The van der Waals surface area contributed by atoms with Gasteiger partial charge in [0.1, 0.15) is 27.6 Å². The Morgan fingerprint density at radius 3 is 2.68 bits per heavy atom. The molecule has 0 unspecified atom stereocenters. The van der Waals surface area contributed by atoms with Crippen molar-refractivity contribution < 1.29 is 23.1 Å². The molecular formula is C24H28ClN3O5S. The highest BCUT2D eigenvalue weighted by molar-refractivity contribution is 7.94. The first kappa shape index (κ1) is 24.6. The Morgan fingerprint density at radius 2 is 2.00 bits per heavy atom. The van der Waals surface area contributed by atoms with Crippen LogP contribution in [-0.2, 0) is 28.4 Å². The summed E-state index contributed by atoms with van der Waals surface area (Å²) in [6.07, 6.45) is 1.25. The van der Waals surface area contributed by atoms with Gasteiger partial charge in [-0.25, -0.2) is 8.42 Å². The number of hydrogen-bond donors (Lipinski definition) is 2. The Kier molecular flexibility index (Phi) is 6.03. The summed E-state index contributed by atoms with van der Waals surface area (Å²) in [6.45, 7) is 6.37. The Labute approximate surface area is 204 Å². The Balaban J connectivity index is 1.81. The number of aliphatic hydroxyl groups excluding tert-OH is 1. The van der Waals surface area contributed by atoms with Gasteiger partial charge in [-0.05, 0) is 51.5 Å². The van der Waals surface area contributed by atoms with E-state index in [1.165, 1.54) is 12.3 Å². The fourth-order valence-electron chi connectivity index (χ4n) is 4.72. The van der Waals surface area contributed by atoms with E-state index in [4.69, 9.17) is 27.1 Å². The van der Waals surface area contributed by atoms with Crippen molar-refractivity contribution >= 4 is 33.1 Å². The monoisotopic (exact) mass is 505 g/mol. The van der Waals surface area contributed by atoms with Gasteiger partial charge >= 0.3 is 0 Å². The highest BCUT2D eigenvalue weighted by Gasteiger charge is 2.58. The fourth-order valence-corrected chi connectivity index (χ4v) is 7.26. The number of Topliss-reactive ketones (excluding diaryl/α,β-unsaturated/α-hetero) is 1. The summed E-state index contributed by atoms with van der Waals surface area (Å²) in [5.41, 5.74) is 6.71. The van der Waals surface area contributed by atoms with Crippen molar-refractivity contribution in [2.24, 2.45) is 10.7 Å². The topological polar surface area (TPSA) is 132 Å². The number of rotatable bonds is 4. The molecule has 2 aliphatic heterocycles. The van der Waals surface area contributed by atoms with Crippen LogP contribution in [0.25, 0.3) is 0 Å². The molecule has 3 heterocycles. The summed E-state index contributed by atoms with van der Waals surface area (Å²) in [6, 6.07) is 6.77. The van der Waals surface area contributed by atoms with Crippen LogP contribution in [0, 0.1) is 0 Å². The van der Waals surface area contributed by atoms with Gasteiger partial charge in [-0.3, -0.25) is 14.8 Å². The molecule has 8 nitrogen and oxygen atoms in total. The van der Waals surface area contributed by atoms with Crippen molar-refractivity contribution in [3.63, 3.8) is 0 Å². The summed E-state index contributed by atoms with van der Waals surface area (Å²) in [7, 11) is -3.71. The number of hydrogen-bond acceptors (Lipinski definition) is 8. The number of benzene rings is 1. The molecule has 2 aliphatic rings. The third-order valence-corrected chi connectivity index (χ3v) is 10.1. The predicted molar refractivity (Wildman–Crippen MR) is 130 cm³/mol. The summed E-state index contributed by atoms with van der Waals surface area (Å²) < 4.78 is 32.0. The number of pyridine rings is 1. The maximum absolute atomic E-state index is 13.6. The molecule has 34 heavy (non-hydrogen) atoms. The number of halogens is 1. The minimum Gasteiger partial charge on any atom is -0.490 e. The van der Waals surface area contributed by atoms with Crippen LogP contribution < -0.4 is 10.5 Å². The van der Waals surface area contributed by atoms with Crippen molar-refractivity contribution in [1.82, 2.24) is 4.98 Å². The Morgan fingerprint density at radius 1 is 1.29 bits per heavy atom. The second-order valence-corrected chi connectivity index (χ2v) is 12.7. The van der Waals surface area contributed by atoms with Crippen LogP contribution in [0.15, 0.2) is 35.5 Å². The highest BCUT2D eigenvalue weighted by atomic mass is 35.5. The van der Waals surface area contributed by atoms with Gasteiger partial charge in [0.05, 0.1) is 23.0 Å². The number of nitrogens with zero attached hydrogens (tertiary/aromatic N) is 2. The van der Waals surface area contributed by atoms with E-state index in [1.807, 2.05) is 6.92 Å². The number of carbonyl (C=O) groups is 1. The van der Waals surface area contributed by atoms with Crippen LogP contribution in [-0.4, -0.2) is 46.2 Å². The van der Waals surface area contributed by atoms with Crippen molar-refractivity contribution in [3.05, 3.63) is 57.9 Å². The van der Waals surface area contributed by atoms with Crippen LogP contribution in [0.3, 0.4) is 0 Å². The lowest BCUT2D eigenvalue weighted by atomic mass is 9.84. The number of nitrogens with two attached hydrogens (primary N) is 1. The molecule has 0 amide bonds. The number of aliphatic imine (C=N–C) groups is 1. The molecule has 0 bridgehead atoms. The average molecular weight is 506 g/mol. The normalized spacial score (nSPS) is 26.9. The standard InChI is InChI=1S/C24H28ClN3O5S/c1-13-7-20-24(4,28-22(26)23(2,3)34(20,31)32)17-8-14(5-6-19(17)33-13)9-18(30)21-15(12-29)10-16(25)11-27-21/h5-6,8,10-11,13,20,29H,7,9,12H2,1-4H3,(H2,26,28)/t13-,20+,24+/m0/s1. The number of aliphatic hydroxyl groups is 1. The number of amidine groups is 1. The second kappa shape index (κ2) is 8.32. The van der Waals surface area contributed by atoms with Gasteiger partial charge < -0.3 is 15.6 Å². The highest BCUT2D eigenvalue weighted by Crippen LogP contribution is 2.49. The predicted octanol–water partition coefficient (Wildman–Crippen LogP) is 2.97. The van der Waals surface area contributed by atoms with E-state index in [-0.39, 0.29) is 42.9 Å². The zero-order valence-electron chi connectivity index (χ0n) is 19.5. The van der Waals surface area contributed by atoms with E-state index >= 15 is 0 Å². The molecule has 3 atom stereocenters. The summed E-state index contributed by atoms with van der Waals surface area (Å²) in [5, 5.41) is 9.08. The van der Waals surface area contributed by atoms with Crippen molar-refractivity contribution in [3.8, 4) is 5.75 Å². The van der Waals surface area contributed by atoms with E-state index in [9.17, 15) is 18.3 Å². The SMILES string of the molecule is C[C@H]1C[C@@H]2[C@](C)(N=C(N)C(C)(C)S2(=O)=O)c2cc(CC(=O)c3ncc(Cl)cc3CO)ccc2O1. The summed E-state index contributed by atoms with van der Waals surface area (Å²) >= 11 is 5.93. The van der Waals surface area contributed by atoms with Gasteiger partial charge in [-0.15, -0.1) is 0 Å². The lowest BCUT2D eigenvalue weighted by molar-refractivity contribution is 0.0984. The third kappa shape index (κ3) is 3.79. The maximum Gasteiger partial charge on any atom is 0.185 e. The zero-order valence-corrected chi connectivity index (χ0v) is 21.1. The first-order valence-corrected chi connectivity index (χ1v) is 12.9. The first-order chi connectivity index (χ1) is 15.8. The molecule has 1 aromatic carbocycles. The van der Waals surface area contributed by atoms with Gasteiger partial charge in [-0.1, -0.05) is 17.7 Å². The van der Waals surface area contributed by atoms with Crippen LogP contribution in [0.2, 0.25) is 5.02 Å². The molecule has 0 aliphatic carbocycles. The number of ether oxygens (including phenoxy) is 1. The molecule has 0 saturated carbocycles. The molecule has 182 valence electrons. The molecule has 0 radical (unpaired) electrons. The minimum atomic E-state index is -3.71. The number of ketones is 1. The lowest BCUT2D eigenvalue weighted by Crippen LogP contribution is -2.60. The maximum atomic E-state index is 13.6. The van der Waals surface area contributed by atoms with Crippen molar-refractivity contribution in [1.29, 1.82) is 0 Å². The zero-order chi connectivity index (χ0) is 25.1. The van der Waals surface area contributed by atoms with Crippen LogP contribution in [0.4, 0.5) is 0 Å². The fraction of sp³-hybridized carbons (Fsp3) is 0.458. The van der Waals surface area contributed by atoms with Gasteiger partial charge in [0, 0.05) is 30.2 Å². The third-order valence-electron chi connectivity index (χ3n) is 6.88. The molecule has 10 heteroatoms.